The molecule has 0 atom stereocenters. The molecule has 0 unspecified atom stereocenters. The second kappa shape index (κ2) is 4.32. The van der Waals surface area contributed by atoms with Crippen molar-refractivity contribution in [3.8, 4) is 16.3 Å². The van der Waals surface area contributed by atoms with Crippen molar-refractivity contribution in [3.63, 3.8) is 0 Å². The van der Waals surface area contributed by atoms with Gasteiger partial charge in [0.1, 0.15) is 10.8 Å². The maximum Gasteiger partial charge on any atom is 0.409 e. The van der Waals surface area contributed by atoms with Crippen LogP contribution in [0.3, 0.4) is 0 Å². The zero-order valence-electron chi connectivity index (χ0n) is 8.64. The molecule has 2 N–H and O–H groups in total. The van der Waals surface area contributed by atoms with Gasteiger partial charge >= 0.3 is 6.09 Å². The molecule has 1 aromatic carbocycles. The summed E-state index contributed by atoms with van der Waals surface area (Å²) in [6, 6.07) is 7.07. The van der Waals surface area contributed by atoms with Crippen molar-refractivity contribution in [2.24, 2.45) is 5.73 Å². The van der Waals surface area contributed by atoms with Crippen LogP contribution in [0.4, 0.5) is 4.79 Å². The first-order valence-electron chi connectivity index (χ1n) is 4.65. The number of nitrogens with zero attached hydrogens (tertiary/aromatic N) is 1. The molecule has 0 aliphatic heterocycles. The predicted molar refractivity (Wildman–Crippen MR) is 62.5 cm³/mol. The van der Waals surface area contributed by atoms with E-state index in [1.165, 1.54) is 0 Å². The third kappa shape index (κ3) is 2.38. The van der Waals surface area contributed by atoms with Gasteiger partial charge in [0.15, 0.2) is 0 Å². The van der Waals surface area contributed by atoms with Crippen molar-refractivity contribution >= 4 is 17.4 Å². The van der Waals surface area contributed by atoms with E-state index < -0.39 is 6.09 Å². The van der Waals surface area contributed by atoms with Crippen LogP contribution in [0.15, 0.2) is 29.6 Å². The van der Waals surface area contributed by atoms with E-state index in [0.29, 0.717) is 5.75 Å². The van der Waals surface area contributed by atoms with Crippen molar-refractivity contribution < 1.29 is 9.53 Å². The number of hydrogen-bond donors (Lipinski definition) is 1. The van der Waals surface area contributed by atoms with Crippen molar-refractivity contribution in [2.75, 3.05) is 0 Å². The summed E-state index contributed by atoms with van der Waals surface area (Å²) in [5.41, 5.74) is 6.90. The normalized spacial score (nSPS) is 10.1. The number of rotatable bonds is 2. The molecule has 0 spiro atoms. The monoisotopic (exact) mass is 234 g/mol. The number of aryl methyl sites for hydroxylation is 1. The van der Waals surface area contributed by atoms with Gasteiger partial charge in [0, 0.05) is 16.6 Å². The first-order valence-corrected chi connectivity index (χ1v) is 5.53. The number of ether oxygens (including phenoxy) is 1. The van der Waals surface area contributed by atoms with Gasteiger partial charge in [-0.05, 0) is 31.2 Å². The molecule has 1 amide bonds. The van der Waals surface area contributed by atoms with Crippen molar-refractivity contribution in [1.82, 2.24) is 4.98 Å². The van der Waals surface area contributed by atoms with E-state index >= 15 is 0 Å². The predicted octanol–water partition coefficient (Wildman–Crippen LogP) is 2.58. The summed E-state index contributed by atoms with van der Waals surface area (Å²) in [7, 11) is 0. The first-order chi connectivity index (χ1) is 7.65. The SMILES string of the molecule is Cc1csc(-c2ccc(OC(N)=O)cc2)n1. The quantitative estimate of drug-likeness (QED) is 0.868. The molecule has 0 saturated carbocycles. The lowest BCUT2D eigenvalue weighted by atomic mass is 10.2. The van der Waals surface area contributed by atoms with E-state index in [-0.39, 0.29) is 0 Å². The Bertz CT molecular complexity index is 505. The molecule has 0 radical (unpaired) electrons. The average Bonchev–Trinajstić information content (AvgIpc) is 2.65. The second-order valence-electron chi connectivity index (χ2n) is 3.24. The van der Waals surface area contributed by atoms with E-state index in [9.17, 15) is 4.79 Å². The van der Waals surface area contributed by atoms with Gasteiger partial charge in [0.25, 0.3) is 0 Å². The molecular formula is C11H10N2O2S. The fourth-order valence-electron chi connectivity index (χ4n) is 1.27. The largest absolute Gasteiger partial charge is 0.411 e. The zero-order valence-corrected chi connectivity index (χ0v) is 9.45. The molecule has 4 nitrogen and oxygen atoms in total. The molecule has 0 bridgehead atoms. The van der Waals surface area contributed by atoms with Gasteiger partial charge in [-0.25, -0.2) is 9.78 Å². The van der Waals surface area contributed by atoms with E-state index in [4.69, 9.17) is 10.5 Å². The Labute approximate surface area is 96.7 Å². The summed E-state index contributed by atoms with van der Waals surface area (Å²) in [6.45, 7) is 1.95. The van der Waals surface area contributed by atoms with Gasteiger partial charge < -0.3 is 10.5 Å². The van der Waals surface area contributed by atoms with E-state index in [1.54, 1.807) is 23.5 Å². The molecule has 2 aromatic rings. The molecule has 82 valence electrons. The van der Waals surface area contributed by atoms with Gasteiger partial charge in [-0.15, -0.1) is 11.3 Å². The van der Waals surface area contributed by atoms with Gasteiger partial charge in [-0.2, -0.15) is 0 Å². The molecular weight excluding hydrogens is 224 g/mol. The van der Waals surface area contributed by atoms with Crippen LogP contribution in [0, 0.1) is 6.92 Å². The number of benzene rings is 1. The van der Waals surface area contributed by atoms with Crippen LogP contribution in [0.5, 0.6) is 5.75 Å². The number of thiazole rings is 1. The highest BCUT2D eigenvalue weighted by molar-refractivity contribution is 7.13. The van der Waals surface area contributed by atoms with Crippen LogP contribution < -0.4 is 10.5 Å². The van der Waals surface area contributed by atoms with Crippen LogP contribution >= 0.6 is 11.3 Å². The van der Waals surface area contributed by atoms with Crippen molar-refractivity contribution in [3.05, 3.63) is 35.3 Å². The topological polar surface area (TPSA) is 65.2 Å². The lowest BCUT2D eigenvalue weighted by Gasteiger charge is -2.01. The standard InChI is InChI=1S/C11H10N2O2S/c1-7-6-16-10(13-7)8-2-4-9(5-3-8)15-11(12)14/h2-6H,1H3,(H2,12,14). The highest BCUT2D eigenvalue weighted by Gasteiger charge is 2.03. The minimum Gasteiger partial charge on any atom is -0.411 e. The Morgan fingerprint density at radius 3 is 2.56 bits per heavy atom. The Hall–Kier alpha value is -1.88. The van der Waals surface area contributed by atoms with Crippen LogP contribution in [0.25, 0.3) is 10.6 Å². The van der Waals surface area contributed by atoms with Crippen LogP contribution in [-0.2, 0) is 0 Å². The van der Waals surface area contributed by atoms with Crippen molar-refractivity contribution in [1.29, 1.82) is 0 Å². The maximum absolute atomic E-state index is 10.5. The Morgan fingerprint density at radius 1 is 1.38 bits per heavy atom. The highest BCUT2D eigenvalue weighted by Crippen LogP contribution is 2.25. The zero-order chi connectivity index (χ0) is 11.5. The van der Waals surface area contributed by atoms with E-state index in [1.807, 2.05) is 24.4 Å². The van der Waals surface area contributed by atoms with Crippen LogP contribution in [0.2, 0.25) is 0 Å². The molecule has 0 aliphatic carbocycles. The fraction of sp³-hybridized carbons (Fsp3) is 0.0909. The summed E-state index contributed by atoms with van der Waals surface area (Å²) >= 11 is 1.58. The Balaban J connectivity index is 2.22. The van der Waals surface area contributed by atoms with Gasteiger partial charge in [-0.1, -0.05) is 0 Å². The second-order valence-corrected chi connectivity index (χ2v) is 4.10. The number of nitrogens with two attached hydrogens (primary N) is 1. The van der Waals surface area contributed by atoms with Gasteiger partial charge in [0.05, 0.1) is 0 Å². The molecule has 0 fully saturated rings. The van der Waals surface area contributed by atoms with Crippen LogP contribution in [-0.4, -0.2) is 11.1 Å². The minimum atomic E-state index is -0.808. The third-order valence-corrected chi connectivity index (χ3v) is 2.95. The highest BCUT2D eigenvalue weighted by atomic mass is 32.1. The molecule has 0 saturated heterocycles. The van der Waals surface area contributed by atoms with E-state index in [0.717, 1.165) is 16.3 Å². The number of amides is 1. The maximum atomic E-state index is 10.5. The molecule has 2 rings (SSSR count). The summed E-state index contributed by atoms with van der Waals surface area (Å²) < 4.78 is 4.73. The average molecular weight is 234 g/mol. The molecule has 1 aromatic heterocycles. The summed E-state index contributed by atoms with van der Waals surface area (Å²) in [5, 5.41) is 2.94. The summed E-state index contributed by atoms with van der Waals surface area (Å²) in [6.07, 6.45) is -0.808. The third-order valence-electron chi connectivity index (χ3n) is 1.94. The van der Waals surface area contributed by atoms with Gasteiger partial charge in [0.2, 0.25) is 0 Å². The smallest absolute Gasteiger partial charge is 0.409 e. The van der Waals surface area contributed by atoms with Crippen molar-refractivity contribution in [2.45, 2.75) is 6.92 Å². The number of carbonyl (C=O) groups is 1. The molecule has 5 heteroatoms. The molecule has 16 heavy (non-hydrogen) atoms. The number of aromatic nitrogens is 1. The Kier molecular flexibility index (Phi) is 2.87. The number of hydrogen-bond acceptors (Lipinski definition) is 4. The Morgan fingerprint density at radius 2 is 2.06 bits per heavy atom. The fourth-order valence-corrected chi connectivity index (χ4v) is 2.07. The summed E-state index contributed by atoms with van der Waals surface area (Å²) in [4.78, 5) is 14.9. The van der Waals surface area contributed by atoms with Gasteiger partial charge in [-0.3, -0.25) is 0 Å². The molecule has 0 aliphatic rings. The lowest BCUT2D eigenvalue weighted by Crippen LogP contribution is -2.16. The number of carbonyl (C=O) groups excluding carboxylic acids is 1. The first kappa shape index (κ1) is 10.6. The number of primary amides is 1. The van der Waals surface area contributed by atoms with Crippen LogP contribution in [0.1, 0.15) is 5.69 Å². The summed E-state index contributed by atoms with van der Waals surface area (Å²) in [5.74, 6) is 0.435. The molecule has 1 heterocycles. The minimum absolute atomic E-state index is 0.435. The lowest BCUT2D eigenvalue weighted by molar-refractivity contribution is 0.211. The van der Waals surface area contributed by atoms with E-state index in [2.05, 4.69) is 4.98 Å².